The number of aliphatic hydroxyl groups excluding tert-OH is 1. The summed E-state index contributed by atoms with van der Waals surface area (Å²) in [5.41, 5.74) is 0.492. The number of nitrogens with zero attached hydrogens (tertiary/aromatic N) is 3. The summed E-state index contributed by atoms with van der Waals surface area (Å²) in [5.74, 6) is 0.490. The van der Waals surface area contributed by atoms with E-state index in [1.807, 2.05) is 13.8 Å². The van der Waals surface area contributed by atoms with Gasteiger partial charge in [0.1, 0.15) is 5.69 Å². The van der Waals surface area contributed by atoms with E-state index in [4.69, 9.17) is 0 Å². The molecule has 0 aliphatic heterocycles. The highest BCUT2D eigenvalue weighted by atomic mass is 16.6. The quantitative estimate of drug-likeness (QED) is 0.653. The van der Waals surface area contributed by atoms with Gasteiger partial charge in [-0.2, -0.15) is 5.10 Å². The summed E-state index contributed by atoms with van der Waals surface area (Å²) >= 11 is 0. The van der Waals surface area contributed by atoms with Crippen molar-refractivity contribution >= 4 is 11.5 Å². The first kappa shape index (κ1) is 14.8. The Labute approximate surface area is 118 Å². The molecule has 20 heavy (non-hydrogen) atoms. The molecule has 0 bridgehead atoms. The smallest absolute Gasteiger partial charge is 0.333 e. The third kappa shape index (κ3) is 2.92. The lowest BCUT2D eigenvalue weighted by Gasteiger charge is -2.27. The summed E-state index contributed by atoms with van der Waals surface area (Å²) < 4.78 is 1.68. The van der Waals surface area contributed by atoms with Crippen LogP contribution in [0.2, 0.25) is 0 Å². The van der Waals surface area contributed by atoms with Crippen molar-refractivity contribution in [1.29, 1.82) is 0 Å². The minimum absolute atomic E-state index is 0.0547. The molecule has 0 radical (unpaired) electrons. The maximum Gasteiger partial charge on any atom is 0.333 e. The lowest BCUT2D eigenvalue weighted by molar-refractivity contribution is -0.384. The van der Waals surface area contributed by atoms with Crippen LogP contribution in [0.3, 0.4) is 0 Å². The highest BCUT2D eigenvalue weighted by Gasteiger charge is 2.29. The average molecular weight is 282 g/mol. The van der Waals surface area contributed by atoms with Crippen molar-refractivity contribution in [3.05, 3.63) is 15.8 Å². The molecule has 7 heteroatoms. The van der Waals surface area contributed by atoms with E-state index in [2.05, 4.69) is 10.4 Å². The minimum Gasteiger partial charge on any atom is -0.393 e. The maximum absolute atomic E-state index is 11.2. The normalized spacial score (nSPS) is 23.1. The number of nitrogens with one attached hydrogen (secondary N) is 1. The minimum atomic E-state index is -0.374. The van der Waals surface area contributed by atoms with Gasteiger partial charge in [-0.05, 0) is 46.5 Å². The Morgan fingerprint density at radius 2 is 2.00 bits per heavy atom. The molecule has 1 fully saturated rings. The number of aliphatic hydroxyl groups is 1. The van der Waals surface area contributed by atoms with E-state index in [9.17, 15) is 15.2 Å². The fourth-order valence-electron chi connectivity index (χ4n) is 2.68. The second kappa shape index (κ2) is 5.78. The predicted molar refractivity (Wildman–Crippen MR) is 75.9 cm³/mol. The first-order chi connectivity index (χ1) is 9.40. The number of nitro groups is 1. The molecule has 0 atom stereocenters. The van der Waals surface area contributed by atoms with E-state index in [0.717, 1.165) is 25.7 Å². The molecule has 7 nitrogen and oxygen atoms in total. The van der Waals surface area contributed by atoms with Crippen LogP contribution in [0.15, 0.2) is 0 Å². The van der Waals surface area contributed by atoms with Gasteiger partial charge in [-0.1, -0.05) is 0 Å². The van der Waals surface area contributed by atoms with Gasteiger partial charge < -0.3 is 10.4 Å². The van der Waals surface area contributed by atoms with Crippen LogP contribution in [-0.4, -0.2) is 32.0 Å². The van der Waals surface area contributed by atoms with Gasteiger partial charge in [0.2, 0.25) is 5.82 Å². The van der Waals surface area contributed by atoms with Crippen LogP contribution in [0.1, 0.15) is 51.3 Å². The molecule has 2 N–H and O–H groups in total. The van der Waals surface area contributed by atoms with E-state index >= 15 is 0 Å². The van der Waals surface area contributed by atoms with Crippen LogP contribution in [0.25, 0.3) is 0 Å². The number of hydrogen-bond donors (Lipinski definition) is 2. The molecule has 2 rings (SSSR count). The highest BCUT2D eigenvalue weighted by molar-refractivity contribution is 5.60. The largest absolute Gasteiger partial charge is 0.393 e. The van der Waals surface area contributed by atoms with Gasteiger partial charge in [0.15, 0.2) is 0 Å². The van der Waals surface area contributed by atoms with Crippen LogP contribution in [0.5, 0.6) is 0 Å². The van der Waals surface area contributed by atoms with Gasteiger partial charge in [0.25, 0.3) is 0 Å². The lowest BCUT2D eigenvalue weighted by atomic mass is 9.93. The van der Waals surface area contributed by atoms with Gasteiger partial charge in [-0.15, -0.1) is 0 Å². The molecule has 1 aliphatic carbocycles. The summed E-state index contributed by atoms with van der Waals surface area (Å²) in [6.07, 6.45) is 2.88. The van der Waals surface area contributed by atoms with E-state index in [1.165, 1.54) is 0 Å². The van der Waals surface area contributed by atoms with Crippen molar-refractivity contribution < 1.29 is 10.0 Å². The van der Waals surface area contributed by atoms with Crippen molar-refractivity contribution in [2.75, 3.05) is 5.32 Å². The summed E-state index contributed by atoms with van der Waals surface area (Å²) in [6, 6.07) is 0.213. The standard InChI is InChI=1S/C13H22N4O3/c1-8(2)16-13(12(17(19)20)9(3)15-16)14-10-4-6-11(18)7-5-10/h8,10-11,14,18H,4-7H2,1-3H3. The zero-order chi connectivity index (χ0) is 14.9. The predicted octanol–water partition coefficient (Wildman–Crippen LogP) is 2.40. The van der Waals surface area contributed by atoms with E-state index in [-0.39, 0.29) is 28.8 Å². The molecule has 112 valence electrons. The maximum atomic E-state index is 11.2. The molecule has 1 aromatic rings. The number of hydrogen-bond acceptors (Lipinski definition) is 5. The Morgan fingerprint density at radius 1 is 1.40 bits per heavy atom. The molecule has 1 heterocycles. The van der Waals surface area contributed by atoms with Crippen molar-refractivity contribution in [3.63, 3.8) is 0 Å². The third-order valence-electron chi connectivity index (χ3n) is 3.76. The number of anilines is 1. The van der Waals surface area contributed by atoms with Gasteiger partial charge in [0.05, 0.1) is 11.0 Å². The molecule has 0 amide bonds. The molecule has 0 unspecified atom stereocenters. The third-order valence-corrected chi connectivity index (χ3v) is 3.76. The first-order valence-electron chi connectivity index (χ1n) is 7.08. The molecular weight excluding hydrogens is 260 g/mol. The van der Waals surface area contributed by atoms with Crippen LogP contribution in [0, 0.1) is 17.0 Å². The molecule has 0 saturated heterocycles. The Hall–Kier alpha value is -1.63. The molecular formula is C13H22N4O3. The Bertz CT molecular complexity index is 490. The van der Waals surface area contributed by atoms with Crippen molar-refractivity contribution in [2.45, 2.75) is 64.6 Å². The molecule has 1 aromatic heterocycles. The summed E-state index contributed by atoms with van der Waals surface area (Å²) in [7, 11) is 0. The van der Waals surface area contributed by atoms with E-state index in [1.54, 1.807) is 11.6 Å². The fraction of sp³-hybridized carbons (Fsp3) is 0.769. The van der Waals surface area contributed by atoms with E-state index in [0.29, 0.717) is 11.5 Å². The van der Waals surface area contributed by atoms with Gasteiger partial charge >= 0.3 is 5.69 Å². The first-order valence-corrected chi connectivity index (χ1v) is 7.08. The Balaban J connectivity index is 2.26. The number of aryl methyl sites for hydroxylation is 1. The lowest BCUT2D eigenvalue weighted by Crippen LogP contribution is -2.29. The zero-order valence-corrected chi connectivity index (χ0v) is 12.2. The molecule has 0 spiro atoms. The Kier molecular flexibility index (Phi) is 4.27. The fourth-order valence-corrected chi connectivity index (χ4v) is 2.68. The molecule has 1 aliphatic rings. The van der Waals surface area contributed by atoms with Crippen molar-refractivity contribution in [2.24, 2.45) is 0 Å². The second-order valence-electron chi connectivity index (χ2n) is 5.73. The van der Waals surface area contributed by atoms with Crippen LogP contribution < -0.4 is 5.32 Å². The van der Waals surface area contributed by atoms with Gasteiger partial charge in [-0.25, -0.2) is 4.68 Å². The van der Waals surface area contributed by atoms with Crippen molar-refractivity contribution in [1.82, 2.24) is 9.78 Å². The SMILES string of the molecule is Cc1nn(C(C)C)c(NC2CCC(O)CC2)c1[N+](=O)[O-]. The van der Waals surface area contributed by atoms with Crippen LogP contribution >= 0.6 is 0 Å². The monoisotopic (exact) mass is 282 g/mol. The summed E-state index contributed by atoms with van der Waals surface area (Å²) in [6.45, 7) is 5.56. The van der Waals surface area contributed by atoms with Gasteiger partial charge in [-0.3, -0.25) is 10.1 Å². The van der Waals surface area contributed by atoms with Crippen molar-refractivity contribution in [3.8, 4) is 0 Å². The highest BCUT2D eigenvalue weighted by Crippen LogP contribution is 2.33. The van der Waals surface area contributed by atoms with Crippen LogP contribution in [-0.2, 0) is 0 Å². The van der Waals surface area contributed by atoms with E-state index < -0.39 is 0 Å². The number of rotatable bonds is 4. The average Bonchev–Trinajstić information content (AvgIpc) is 2.69. The topological polar surface area (TPSA) is 93.2 Å². The number of aromatic nitrogens is 2. The zero-order valence-electron chi connectivity index (χ0n) is 12.2. The molecule has 0 aromatic carbocycles. The van der Waals surface area contributed by atoms with Gasteiger partial charge in [0, 0.05) is 12.1 Å². The van der Waals surface area contributed by atoms with Crippen LogP contribution in [0.4, 0.5) is 11.5 Å². The second-order valence-corrected chi connectivity index (χ2v) is 5.73. The Morgan fingerprint density at radius 3 is 2.50 bits per heavy atom. The summed E-state index contributed by atoms with van der Waals surface area (Å²) in [5, 5.41) is 28.3. The molecule has 1 saturated carbocycles. The summed E-state index contributed by atoms with van der Waals surface area (Å²) in [4.78, 5) is 10.9.